The quantitative estimate of drug-likeness (QED) is 0.787. The van der Waals surface area contributed by atoms with Crippen LogP contribution in [-0.2, 0) is 6.54 Å². The summed E-state index contributed by atoms with van der Waals surface area (Å²) < 4.78 is 3.45. The predicted molar refractivity (Wildman–Crippen MR) is 62.5 cm³/mol. The van der Waals surface area contributed by atoms with Gasteiger partial charge in [0.2, 0.25) is 0 Å². The zero-order valence-electron chi connectivity index (χ0n) is 9.49. The summed E-state index contributed by atoms with van der Waals surface area (Å²) >= 11 is 0. The fourth-order valence-electron chi connectivity index (χ4n) is 1.50. The highest BCUT2D eigenvalue weighted by Crippen LogP contribution is 1.94. The Balaban J connectivity index is 1.59. The van der Waals surface area contributed by atoms with Crippen molar-refractivity contribution in [2.45, 2.75) is 19.4 Å². The van der Waals surface area contributed by atoms with Gasteiger partial charge in [-0.05, 0) is 12.8 Å². The number of hydrogen-bond donors (Lipinski definition) is 1. The maximum absolute atomic E-state index is 11.5. The molecule has 2 rings (SSSR count). The Bertz CT molecular complexity index is 434. The van der Waals surface area contributed by atoms with E-state index >= 15 is 0 Å². The van der Waals surface area contributed by atoms with Crippen molar-refractivity contribution in [1.29, 1.82) is 0 Å². The van der Waals surface area contributed by atoms with Gasteiger partial charge in [-0.15, -0.1) is 0 Å². The van der Waals surface area contributed by atoms with Gasteiger partial charge in [0.1, 0.15) is 6.33 Å². The molecule has 0 aromatic carbocycles. The van der Waals surface area contributed by atoms with Crippen LogP contribution in [0.2, 0.25) is 0 Å². The Labute approximate surface area is 99.3 Å². The number of rotatable bonds is 5. The third-order valence-corrected chi connectivity index (χ3v) is 2.42. The van der Waals surface area contributed by atoms with E-state index < -0.39 is 0 Å². The summed E-state index contributed by atoms with van der Waals surface area (Å²) in [6.45, 7) is 1.60. The number of imidazole rings is 2. The van der Waals surface area contributed by atoms with E-state index in [0.29, 0.717) is 6.54 Å². The van der Waals surface area contributed by atoms with Crippen LogP contribution < -0.4 is 5.32 Å². The summed E-state index contributed by atoms with van der Waals surface area (Å²) in [6, 6.07) is -0.134. The van der Waals surface area contributed by atoms with E-state index in [9.17, 15) is 4.79 Å². The molecule has 0 saturated heterocycles. The first kappa shape index (κ1) is 11.4. The molecular formula is C11H15N5O. The first-order valence-electron chi connectivity index (χ1n) is 5.58. The largest absolute Gasteiger partial charge is 0.337 e. The normalized spacial score (nSPS) is 10.4. The third-order valence-electron chi connectivity index (χ3n) is 2.42. The number of aromatic nitrogens is 4. The molecule has 2 heterocycles. The zero-order valence-corrected chi connectivity index (χ0v) is 9.49. The lowest BCUT2D eigenvalue weighted by Crippen LogP contribution is -2.28. The van der Waals surface area contributed by atoms with E-state index in [2.05, 4.69) is 15.3 Å². The van der Waals surface area contributed by atoms with Crippen LogP contribution in [0, 0.1) is 0 Å². The van der Waals surface area contributed by atoms with Crippen molar-refractivity contribution in [3.8, 4) is 0 Å². The third kappa shape index (κ3) is 3.44. The lowest BCUT2D eigenvalue weighted by molar-refractivity contribution is 0.242. The van der Waals surface area contributed by atoms with Crippen molar-refractivity contribution in [1.82, 2.24) is 24.4 Å². The Kier molecular flexibility index (Phi) is 3.90. The van der Waals surface area contributed by atoms with Crippen molar-refractivity contribution in [2.24, 2.45) is 0 Å². The first-order valence-corrected chi connectivity index (χ1v) is 5.58. The van der Waals surface area contributed by atoms with E-state index in [-0.39, 0.29) is 6.03 Å². The van der Waals surface area contributed by atoms with E-state index in [4.69, 9.17) is 0 Å². The topological polar surface area (TPSA) is 64.7 Å². The second-order valence-corrected chi connectivity index (χ2v) is 3.71. The number of unbranched alkanes of at least 4 members (excludes halogenated alkanes) is 1. The molecule has 0 bridgehead atoms. The van der Waals surface area contributed by atoms with E-state index in [1.807, 2.05) is 10.8 Å². The highest BCUT2D eigenvalue weighted by Gasteiger charge is 2.01. The number of nitrogens with zero attached hydrogens (tertiary/aromatic N) is 4. The molecule has 2 aromatic heterocycles. The van der Waals surface area contributed by atoms with Gasteiger partial charge < -0.3 is 9.88 Å². The van der Waals surface area contributed by atoms with Crippen molar-refractivity contribution >= 4 is 6.03 Å². The number of carbonyl (C=O) groups excluding carboxylic acids is 1. The molecule has 0 aliphatic rings. The molecule has 0 saturated carbocycles. The molecule has 17 heavy (non-hydrogen) atoms. The average Bonchev–Trinajstić information content (AvgIpc) is 3.01. The van der Waals surface area contributed by atoms with Crippen molar-refractivity contribution < 1.29 is 4.79 Å². The van der Waals surface area contributed by atoms with Crippen LogP contribution >= 0.6 is 0 Å². The summed E-state index contributed by atoms with van der Waals surface area (Å²) in [5.74, 6) is 0. The lowest BCUT2D eigenvalue weighted by atomic mass is 10.3. The maximum atomic E-state index is 11.5. The summed E-state index contributed by atoms with van der Waals surface area (Å²) in [5, 5.41) is 2.82. The standard InChI is InChI=1S/C11H15N5O/c17-11(16-8-5-13-10-16)14-3-1-2-6-15-7-4-12-9-15/h4-5,7-10H,1-3,6H2,(H,14,17). The smallest absolute Gasteiger partial charge is 0.326 e. The molecule has 2 aromatic rings. The van der Waals surface area contributed by atoms with Gasteiger partial charge in [0.05, 0.1) is 6.33 Å². The molecule has 1 amide bonds. The molecule has 0 atom stereocenters. The van der Waals surface area contributed by atoms with Crippen LogP contribution in [0.15, 0.2) is 37.4 Å². The van der Waals surface area contributed by atoms with Gasteiger partial charge in [0.15, 0.2) is 0 Å². The Morgan fingerprint density at radius 1 is 1.12 bits per heavy atom. The van der Waals surface area contributed by atoms with Gasteiger partial charge >= 0.3 is 6.03 Å². The van der Waals surface area contributed by atoms with Gasteiger partial charge in [-0.1, -0.05) is 0 Å². The van der Waals surface area contributed by atoms with Crippen LogP contribution in [0.5, 0.6) is 0 Å². The van der Waals surface area contributed by atoms with Crippen molar-refractivity contribution in [3.05, 3.63) is 37.4 Å². The highest BCUT2D eigenvalue weighted by molar-refractivity contribution is 5.76. The molecule has 0 unspecified atom stereocenters. The first-order chi connectivity index (χ1) is 8.36. The summed E-state index contributed by atoms with van der Waals surface area (Å²) in [4.78, 5) is 19.3. The minimum absolute atomic E-state index is 0.134. The van der Waals surface area contributed by atoms with Crippen LogP contribution in [0.4, 0.5) is 4.79 Å². The molecule has 6 heteroatoms. The maximum Gasteiger partial charge on any atom is 0.326 e. The fourth-order valence-corrected chi connectivity index (χ4v) is 1.50. The fraction of sp³-hybridized carbons (Fsp3) is 0.364. The molecule has 0 aliphatic carbocycles. The molecule has 6 nitrogen and oxygen atoms in total. The minimum Gasteiger partial charge on any atom is -0.337 e. The summed E-state index contributed by atoms with van der Waals surface area (Å²) in [7, 11) is 0. The number of hydrogen-bond acceptors (Lipinski definition) is 3. The molecule has 0 radical (unpaired) electrons. The molecule has 1 N–H and O–H groups in total. The van der Waals surface area contributed by atoms with Gasteiger partial charge in [0, 0.05) is 37.9 Å². The summed E-state index contributed by atoms with van der Waals surface area (Å²) in [6.07, 6.45) is 12.1. The van der Waals surface area contributed by atoms with Gasteiger partial charge in [-0.2, -0.15) is 0 Å². The van der Waals surface area contributed by atoms with E-state index in [0.717, 1.165) is 19.4 Å². The monoisotopic (exact) mass is 233 g/mol. The lowest BCUT2D eigenvalue weighted by Gasteiger charge is -2.05. The van der Waals surface area contributed by atoms with E-state index in [1.165, 1.54) is 10.9 Å². The number of nitrogens with one attached hydrogen (secondary N) is 1. The minimum atomic E-state index is -0.134. The SMILES string of the molecule is O=C(NCCCCn1ccnc1)n1ccnc1. The second kappa shape index (κ2) is 5.83. The average molecular weight is 233 g/mol. The number of carbonyl (C=O) groups is 1. The van der Waals surface area contributed by atoms with E-state index in [1.54, 1.807) is 24.9 Å². The van der Waals surface area contributed by atoms with Crippen LogP contribution in [0.1, 0.15) is 12.8 Å². The molecule has 0 spiro atoms. The second-order valence-electron chi connectivity index (χ2n) is 3.71. The molecular weight excluding hydrogens is 218 g/mol. The van der Waals surface area contributed by atoms with Gasteiger partial charge in [0.25, 0.3) is 0 Å². The van der Waals surface area contributed by atoms with Crippen molar-refractivity contribution in [2.75, 3.05) is 6.54 Å². The highest BCUT2D eigenvalue weighted by atomic mass is 16.2. The number of amides is 1. The van der Waals surface area contributed by atoms with Gasteiger partial charge in [-0.3, -0.25) is 4.57 Å². The summed E-state index contributed by atoms with van der Waals surface area (Å²) in [5.41, 5.74) is 0. The molecule has 0 aliphatic heterocycles. The van der Waals surface area contributed by atoms with Crippen LogP contribution in [-0.4, -0.2) is 31.7 Å². The Morgan fingerprint density at radius 3 is 2.65 bits per heavy atom. The molecule has 90 valence electrons. The van der Waals surface area contributed by atoms with Crippen LogP contribution in [0.3, 0.4) is 0 Å². The zero-order chi connectivity index (χ0) is 11.9. The van der Waals surface area contributed by atoms with Gasteiger partial charge in [-0.25, -0.2) is 14.8 Å². The predicted octanol–water partition coefficient (Wildman–Crippen LogP) is 1.12. The number of aryl methyl sites for hydroxylation is 1. The Morgan fingerprint density at radius 2 is 1.94 bits per heavy atom. The molecule has 0 fully saturated rings. The van der Waals surface area contributed by atoms with Crippen LogP contribution in [0.25, 0.3) is 0 Å². The Hall–Kier alpha value is -2.11. The van der Waals surface area contributed by atoms with Crippen molar-refractivity contribution in [3.63, 3.8) is 0 Å².